The molecule has 0 rings (SSSR count). The third kappa shape index (κ3) is 38.9. The molecule has 294 valence electrons. The van der Waals surface area contributed by atoms with E-state index in [-0.39, 0.29) is 12.5 Å². The predicted molar refractivity (Wildman–Crippen MR) is 225 cm³/mol. The predicted octanol–water partition coefficient (Wildman–Crippen LogP) is 13.5. The number of hydrogen-bond donors (Lipinski definition) is 3. The maximum atomic E-state index is 12.3. The number of aliphatic hydroxyl groups is 2. The molecule has 0 bridgehead atoms. The minimum absolute atomic E-state index is 0.0408. The van der Waals surface area contributed by atoms with E-state index < -0.39 is 12.1 Å². The molecule has 3 N–H and O–H groups in total. The number of hydrogen-bond acceptors (Lipinski definition) is 3. The van der Waals surface area contributed by atoms with Gasteiger partial charge in [0, 0.05) is 6.42 Å². The number of aliphatic hydroxyl groups excluding tert-OH is 2. The molecule has 0 saturated heterocycles. The molecule has 51 heavy (non-hydrogen) atoms. The number of rotatable bonds is 38. The van der Waals surface area contributed by atoms with E-state index in [1.54, 1.807) is 0 Å². The number of amides is 1. The molecule has 1 amide bonds. The summed E-state index contributed by atoms with van der Waals surface area (Å²) in [6.07, 6.45) is 60.1. The smallest absolute Gasteiger partial charge is 0.220 e. The standard InChI is InChI=1S/C47H83NO3/c1-3-5-7-9-11-12-13-14-15-16-17-18-19-20-21-22-23-24-25-26-27-28-29-30-31-32-33-34-35-36-37-39-41-43-47(51)48-45(44-49)46(50)42-40-38-10-8-6-4-2/h5,7,11-12,14-15,17-18,20-21,23-24,45-46,49-50H,3-4,6,8-10,13,16,19,22,25-44H2,1-2H3,(H,48,51)/b7-5-,12-11-,15-14-,18-17-,21-20-,24-23-. The molecule has 0 fully saturated rings. The zero-order valence-corrected chi connectivity index (χ0v) is 33.6. The molecule has 2 unspecified atom stereocenters. The topological polar surface area (TPSA) is 69.6 Å². The Labute approximate surface area is 317 Å². The van der Waals surface area contributed by atoms with E-state index in [0.29, 0.717) is 12.8 Å². The molecule has 4 heteroatoms. The molecule has 0 aliphatic rings. The first kappa shape index (κ1) is 48.8. The van der Waals surface area contributed by atoms with Gasteiger partial charge < -0.3 is 15.5 Å². The number of carbonyl (C=O) groups is 1. The first-order chi connectivity index (χ1) is 25.2. The zero-order chi connectivity index (χ0) is 37.1. The van der Waals surface area contributed by atoms with Crippen molar-refractivity contribution in [1.82, 2.24) is 5.32 Å². The molecule has 0 radical (unpaired) electrons. The van der Waals surface area contributed by atoms with E-state index >= 15 is 0 Å². The lowest BCUT2D eigenvalue weighted by atomic mass is 10.0. The van der Waals surface area contributed by atoms with Crippen LogP contribution in [-0.2, 0) is 4.79 Å². The SMILES string of the molecule is CC/C=C\C/C=C\C/C=C\C/C=C\C/C=C\C/C=C\CCCCCCCCCCCCCCCCC(=O)NC(CO)C(O)CCCCCCCC. The van der Waals surface area contributed by atoms with E-state index in [2.05, 4.69) is 92.1 Å². The third-order valence-electron chi connectivity index (χ3n) is 9.48. The van der Waals surface area contributed by atoms with Crippen LogP contribution in [0.1, 0.15) is 200 Å². The summed E-state index contributed by atoms with van der Waals surface area (Å²) in [5, 5.41) is 22.9. The average molecular weight is 710 g/mol. The summed E-state index contributed by atoms with van der Waals surface area (Å²) >= 11 is 0. The average Bonchev–Trinajstić information content (AvgIpc) is 3.13. The number of nitrogens with one attached hydrogen (secondary N) is 1. The van der Waals surface area contributed by atoms with Gasteiger partial charge in [0.05, 0.1) is 18.8 Å². The Bertz CT molecular complexity index is 899. The second-order valence-corrected chi connectivity index (χ2v) is 14.4. The van der Waals surface area contributed by atoms with Gasteiger partial charge in [-0.15, -0.1) is 0 Å². The Morgan fingerprint density at radius 1 is 0.490 bits per heavy atom. The highest BCUT2D eigenvalue weighted by Crippen LogP contribution is 2.15. The van der Waals surface area contributed by atoms with Crippen molar-refractivity contribution in [3.8, 4) is 0 Å². The van der Waals surface area contributed by atoms with Crippen LogP contribution in [-0.4, -0.2) is 34.9 Å². The highest BCUT2D eigenvalue weighted by molar-refractivity contribution is 5.76. The maximum Gasteiger partial charge on any atom is 0.220 e. The van der Waals surface area contributed by atoms with Gasteiger partial charge in [-0.05, 0) is 64.2 Å². The van der Waals surface area contributed by atoms with Crippen molar-refractivity contribution < 1.29 is 15.0 Å². The first-order valence-electron chi connectivity index (χ1n) is 21.6. The van der Waals surface area contributed by atoms with Crippen molar-refractivity contribution in [3.63, 3.8) is 0 Å². The van der Waals surface area contributed by atoms with E-state index in [0.717, 1.165) is 64.2 Å². The van der Waals surface area contributed by atoms with Gasteiger partial charge in [-0.3, -0.25) is 4.79 Å². The van der Waals surface area contributed by atoms with Crippen molar-refractivity contribution >= 4 is 5.91 Å². The number of carbonyl (C=O) groups excluding carboxylic acids is 1. The summed E-state index contributed by atoms with van der Waals surface area (Å²) in [5.74, 6) is -0.0408. The highest BCUT2D eigenvalue weighted by atomic mass is 16.3. The van der Waals surface area contributed by atoms with Gasteiger partial charge in [-0.25, -0.2) is 0 Å². The second kappa shape index (κ2) is 42.2. The Morgan fingerprint density at radius 2 is 0.863 bits per heavy atom. The van der Waals surface area contributed by atoms with Crippen LogP contribution in [0.15, 0.2) is 72.9 Å². The molecule has 0 saturated carbocycles. The fourth-order valence-corrected chi connectivity index (χ4v) is 6.19. The van der Waals surface area contributed by atoms with Gasteiger partial charge in [0.2, 0.25) is 5.91 Å². The lowest BCUT2D eigenvalue weighted by Gasteiger charge is -2.22. The molecule has 0 aliphatic carbocycles. The summed E-state index contributed by atoms with van der Waals surface area (Å²) in [7, 11) is 0. The van der Waals surface area contributed by atoms with Gasteiger partial charge in [0.25, 0.3) is 0 Å². The fourth-order valence-electron chi connectivity index (χ4n) is 6.19. The highest BCUT2D eigenvalue weighted by Gasteiger charge is 2.19. The molecule has 4 nitrogen and oxygen atoms in total. The van der Waals surface area contributed by atoms with Crippen LogP contribution in [0.2, 0.25) is 0 Å². The summed E-state index contributed by atoms with van der Waals surface area (Å²) in [6.45, 7) is 4.18. The zero-order valence-electron chi connectivity index (χ0n) is 33.6. The summed E-state index contributed by atoms with van der Waals surface area (Å²) in [4.78, 5) is 12.3. The van der Waals surface area contributed by atoms with Crippen molar-refractivity contribution in [2.24, 2.45) is 0 Å². The normalized spacial score (nSPS) is 13.7. The molecule has 0 aromatic carbocycles. The lowest BCUT2D eigenvalue weighted by molar-refractivity contribution is -0.123. The van der Waals surface area contributed by atoms with Crippen molar-refractivity contribution in [1.29, 1.82) is 0 Å². The van der Waals surface area contributed by atoms with Crippen molar-refractivity contribution in [2.75, 3.05) is 6.61 Å². The Hall–Kier alpha value is -2.17. The Morgan fingerprint density at radius 3 is 1.29 bits per heavy atom. The van der Waals surface area contributed by atoms with Gasteiger partial charge in [0.15, 0.2) is 0 Å². The molecule has 0 heterocycles. The quantitative estimate of drug-likeness (QED) is 0.0441. The van der Waals surface area contributed by atoms with Crippen molar-refractivity contribution in [3.05, 3.63) is 72.9 Å². The van der Waals surface area contributed by atoms with Gasteiger partial charge in [0.1, 0.15) is 0 Å². The minimum Gasteiger partial charge on any atom is -0.394 e. The minimum atomic E-state index is -0.658. The van der Waals surface area contributed by atoms with E-state index in [1.807, 2.05) is 0 Å². The van der Waals surface area contributed by atoms with E-state index in [1.165, 1.54) is 109 Å². The molecular weight excluding hydrogens is 627 g/mol. The monoisotopic (exact) mass is 710 g/mol. The van der Waals surface area contributed by atoms with Crippen LogP contribution in [0, 0.1) is 0 Å². The van der Waals surface area contributed by atoms with E-state index in [4.69, 9.17) is 0 Å². The first-order valence-corrected chi connectivity index (χ1v) is 21.6. The summed E-state index contributed by atoms with van der Waals surface area (Å²) in [6, 6.07) is -0.535. The van der Waals surface area contributed by atoms with Crippen LogP contribution in [0.5, 0.6) is 0 Å². The van der Waals surface area contributed by atoms with Gasteiger partial charge in [-0.1, -0.05) is 202 Å². The van der Waals surface area contributed by atoms with Gasteiger partial charge in [-0.2, -0.15) is 0 Å². The van der Waals surface area contributed by atoms with Crippen molar-refractivity contribution in [2.45, 2.75) is 212 Å². The molecule has 0 spiro atoms. The summed E-state index contributed by atoms with van der Waals surface area (Å²) in [5.41, 5.74) is 0. The molecular formula is C47H83NO3. The number of unbranched alkanes of at least 4 members (excludes halogenated alkanes) is 19. The Kier molecular flexibility index (Phi) is 40.4. The summed E-state index contributed by atoms with van der Waals surface area (Å²) < 4.78 is 0. The van der Waals surface area contributed by atoms with Crippen LogP contribution in [0.4, 0.5) is 0 Å². The molecule has 0 aliphatic heterocycles. The maximum absolute atomic E-state index is 12.3. The molecule has 0 aromatic rings. The number of allylic oxidation sites excluding steroid dienone is 12. The largest absolute Gasteiger partial charge is 0.394 e. The lowest BCUT2D eigenvalue weighted by Crippen LogP contribution is -2.45. The van der Waals surface area contributed by atoms with Crippen LogP contribution in [0.25, 0.3) is 0 Å². The molecule has 2 atom stereocenters. The fraction of sp³-hybridized carbons (Fsp3) is 0.723. The second-order valence-electron chi connectivity index (χ2n) is 14.4. The Balaban J connectivity index is 3.47. The van der Waals surface area contributed by atoms with Crippen LogP contribution >= 0.6 is 0 Å². The van der Waals surface area contributed by atoms with Crippen LogP contribution < -0.4 is 5.32 Å². The van der Waals surface area contributed by atoms with Crippen LogP contribution in [0.3, 0.4) is 0 Å². The molecule has 0 aromatic heterocycles. The third-order valence-corrected chi connectivity index (χ3v) is 9.48. The van der Waals surface area contributed by atoms with E-state index in [9.17, 15) is 15.0 Å². The van der Waals surface area contributed by atoms with Gasteiger partial charge >= 0.3 is 0 Å².